The number of anilines is 2. The molecule has 5 nitrogen and oxygen atoms in total. The van der Waals surface area contributed by atoms with Crippen molar-refractivity contribution in [3.05, 3.63) is 46.7 Å². The Balaban J connectivity index is 1.67. The number of rotatable bonds is 4. The highest BCUT2D eigenvalue weighted by molar-refractivity contribution is 7.09. The van der Waals surface area contributed by atoms with Crippen LogP contribution in [0.4, 0.5) is 16.2 Å². The fourth-order valence-electron chi connectivity index (χ4n) is 2.46. The van der Waals surface area contributed by atoms with E-state index >= 15 is 0 Å². The van der Waals surface area contributed by atoms with Gasteiger partial charge in [0, 0.05) is 17.8 Å². The summed E-state index contributed by atoms with van der Waals surface area (Å²) in [4.78, 5) is 26.8. The van der Waals surface area contributed by atoms with Crippen LogP contribution in [0.3, 0.4) is 0 Å². The molecule has 0 bridgehead atoms. The van der Waals surface area contributed by atoms with Crippen LogP contribution in [-0.2, 0) is 11.3 Å². The summed E-state index contributed by atoms with van der Waals surface area (Å²) >= 11 is 1.60. The van der Waals surface area contributed by atoms with Gasteiger partial charge in [0.25, 0.3) is 0 Å². The number of nitrogens with zero attached hydrogens (tertiary/aromatic N) is 1. The highest BCUT2D eigenvalue weighted by Crippen LogP contribution is 2.29. The van der Waals surface area contributed by atoms with Crippen molar-refractivity contribution >= 4 is 34.6 Å². The van der Waals surface area contributed by atoms with E-state index in [0.717, 1.165) is 17.0 Å². The maximum Gasteiger partial charge on any atom is 0.319 e. The van der Waals surface area contributed by atoms with Crippen LogP contribution < -0.4 is 15.5 Å². The van der Waals surface area contributed by atoms with Crippen LogP contribution in [-0.4, -0.2) is 18.5 Å². The highest BCUT2D eigenvalue weighted by atomic mass is 32.1. The number of carbonyl (C=O) groups is 2. The van der Waals surface area contributed by atoms with Crippen molar-refractivity contribution in [2.75, 3.05) is 16.8 Å². The van der Waals surface area contributed by atoms with Gasteiger partial charge in [-0.2, -0.15) is 0 Å². The first kappa shape index (κ1) is 14.6. The molecule has 2 heterocycles. The Morgan fingerprint density at radius 2 is 2.09 bits per heavy atom. The second kappa shape index (κ2) is 6.62. The molecule has 0 aliphatic carbocycles. The third-order valence-corrected chi connectivity index (χ3v) is 4.40. The fraction of sp³-hybridized carbons (Fsp3) is 0.250. The van der Waals surface area contributed by atoms with Gasteiger partial charge in [0.15, 0.2) is 0 Å². The standard InChI is InChI=1S/C16H17N3O2S/c20-15-8-3-9-19(15)14-7-2-1-6-13(14)18-16(21)17-11-12-5-4-10-22-12/h1-2,4-7,10H,3,8-9,11H2,(H2,17,18,21). The van der Waals surface area contributed by atoms with E-state index < -0.39 is 0 Å². The molecule has 114 valence electrons. The molecule has 2 aromatic rings. The molecule has 0 spiro atoms. The van der Waals surface area contributed by atoms with E-state index in [9.17, 15) is 9.59 Å². The lowest BCUT2D eigenvalue weighted by atomic mass is 10.2. The third-order valence-electron chi connectivity index (χ3n) is 3.52. The Morgan fingerprint density at radius 1 is 1.23 bits per heavy atom. The van der Waals surface area contributed by atoms with Crippen LogP contribution in [0.25, 0.3) is 0 Å². The number of carbonyl (C=O) groups excluding carboxylic acids is 2. The lowest BCUT2D eigenvalue weighted by molar-refractivity contribution is -0.117. The first-order valence-electron chi connectivity index (χ1n) is 7.20. The second-order valence-electron chi connectivity index (χ2n) is 5.05. The predicted octanol–water partition coefficient (Wildman–Crippen LogP) is 3.20. The molecule has 0 atom stereocenters. The Morgan fingerprint density at radius 3 is 2.82 bits per heavy atom. The quantitative estimate of drug-likeness (QED) is 0.910. The minimum absolute atomic E-state index is 0.105. The average molecular weight is 315 g/mol. The van der Waals surface area contributed by atoms with E-state index in [4.69, 9.17) is 0 Å². The molecule has 1 aromatic carbocycles. The summed E-state index contributed by atoms with van der Waals surface area (Å²) in [5.74, 6) is 0.105. The summed E-state index contributed by atoms with van der Waals surface area (Å²) in [6.07, 6.45) is 1.43. The maximum absolute atomic E-state index is 12.0. The molecule has 22 heavy (non-hydrogen) atoms. The molecule has 3 rings (SSSR count). The minimum atomic E-state index is -0.271. The second-order valence-corrected chi connectivity index (χ2v) is 6.09. The van der Waals surface area contributed by atoms with E-state index in [1.54, 1.807) is 16.2 Å². The van der Waals surface area contributed by atoms with Crippen molar-refractivity contribution in [1.29, 1.82) is 0 Å². The number of amides is 3. The van der Waals surface area contributed by atoms with Crippen molar-refractivity contribution < 1.29 is 9.59 Å². The highest BCUT2D eigenvalue weighted by Gasteiger charge is 2.24. The van der Waals surface area contributed by atoms with Crippen LogP contribution in [0.2, 0.25) is 0 Å². The van der Waals surface area contributed by atoms with E-state index in [-0.39, 0.29) is 11.9 Å². The van der Waals surface area contributed by atoms with Gasteiger partial charge >= 0.3 is 6.03 Å². The molecular weight excluding hydrogens is 298 g/mol. The molecule has 0 unspecified atom stereocenters. The smallest absolute Gasteiger partial charge is 0.319 e. The lowest BCUT2D eigenvalue weighted by Crippen LogP contribution is -2.30. The summed E-state index contributed by atoms with van der Waals surface area (Å²) in [5, 5.41) is 7.63. The molecule has 1 aliphatic rings. The van der Waals surface area contributed by atoms with Gasteiger partial charge in [0.1, 0.15) is 0 Å². The van der Waals surface area contributed by atoms with Crippen molar-refractivity contribution in [3.63, 3.8) is 0 Å². The molecule has 1 aliphatic heterocycles. The third kappa shape index (κ3) is 3.28. The zero-order valence-electron chi connectivity index (χ0n) is 12.0. The van der Waals surface area contributed by atoms with Crippen LogP contribution in [0.1, 0.15) is 17.7 Å². The number of hydrogen-bond acceptors (Lipinski definition) is 3. The summed E-state index contributed by atoms with van der Waals surface area (Å²) in [7, 11) is 0. The molecule has 6 heteroatoms. The molecular formula is C16H17N3O2S. The number of benzene rings is 1. The number of thiophene rings is 1. The number of urea groups is 1. The normalized spacial score (nSPS) is 14.2. The lowest BCUT2D eigenvalue weighted by Gasteiger charge is -2.20. The SMILES string of the molecule is O=C(NCc1cccs1)Nc1ccccc1N1CCCC1=O. The summed E-state index contributed by atoms with van der Waals surface area (Å²) in [6.45, 7) is 1.20. The Bertz CT molecular complexity index is 670. The Labute approximate surface area is 132 Å². The molecule has 3 amide bonds. The van der Waals surface area contributed by atoms with Gasteiger partial charge in [-0.15, -0.1) is 11.3 Å². The van der Waals surface area contributed by atoms with Gasteiger partial charge in [0.2, 0.25) is 5.91 Å². The van der Waals surface area contributed by atoms with Crippen molar-refractivity contribution in [3.8, 4) is 0 Å². The van der Waals surface area contributed by atoms with Crippen LogP contribution >= 0.6 is 11.3 Å². The number of para-hydroxylation sites is 2. The molecule has 0 radical (unpaired) electrons. The van der Waals surface area contributed by atoms with Gasteiger partial charge in [-0.25, -0.2) is 4.79 Å². The first-order chi connectivity index (χ1) is 10.7. The zero-order valence-corrected chi connectivity index (χ0v) is 12.9. The number of hydrogen-bond donors (Lipinski definition) is 2. The molecule has 1 saturated heterocycles. The van der Waals surface area contributed by atoms with Crippen LogP contribution in [0, 0.1) is 0 Å². The van der Waals surface area contributed by atoms with E-state index in [0.29, 0.717) is 25.2 Å². The topological polar surface area (TPSA) is 61.4 Å². The fourth-order valence-corrected chi connectivity index (χ4v) is 3.11. The van der Waals surface area contributed by atoms with Crippen molar-refractivity contribution in [1.82, 2.24) is 5.32 Å². The Hall–Kier alpha value is -2.34. The Kier molecular flexibility index (Phi) is 4.39. The molecule has 2 N–H and O–H groups in total. The van der Waals surface area contributed by atoms with E-state index in [2.05, 4.69) is 10.6 Å². The monoisotopic (exact) mass is 315 g/mol. The number of nitrogens with one attached hydrogen (secondary N) is 2. The summed E-state index contributed by atoms with van der Waals surface area (Å²) in [5.41, 5.74) is 1.41. The molecule has 1 fully saturated rings. The van der Waals surface area contributed by atoms with Crippen LogP contribution in [0.5, 0.6) is 0 Å². The minimum Gasteiger partial charge on any atom is -0.333 e. The van der Waals surface area contributed by atoms with Gasteiger partial charge in [0.05, 0.1) is 17.9 Å². The summed E-state index contributed by atoms with van der Waals surface area (Å²) < 4.78 is 0. The van der Waals surface area contributed by atoms with Crippen molar-refractivity contribution in [2.45, 2.75) is 19.4 Å². The summed E-state index contributed by atoms with van der Waals surface area (Å²) in [6, 6.07) is 11.0. The maximum atomic E-state index is 12.0. The van der Waals surface area contributed by atoms with Crippen molar-refractivity contribution in [2.24, 2.45) is 0 Å². The van der Waals surface area contributed by atoms with Gasteiger partial charge in [-0.3, -0.25) is 4.79 Å². The van der Waals surface area contributed by atoms with Gasteiger partial charge < -0.3 is 15.5 Å². The van der Waals surface area contributed by atoms with E-state index in [1.165, 1.54) is 0 Å². The van der Waals surface area contributed by atoms with Gasteiger partial charge in [-0.1, -0.05) is 18.2 Å². The molecule has 1 aromatic heterocycles. The predicted molar refractivity (Wildman–Crippen MR) is 88.2 cm³/mol. The van der Waals surface area contributed by atoms with Gasteiger partial charge in [-0.05, 0) is 30.0 Å². The van der Waals surface area contributed by atoms with E-state index in [1.807, 2.05) is 41.8 Å². The molecule has 0 saturated carbocycles. The largest absolute Gasteiger partial charge is 0.333 e. The first-order valence-corrected chi connectivity index (χ1v) is 8.08. The van der Waals surface area contributed by atoms with Crippen LogP contribution in [0.15, 0.2) is 41.8 Å². The average Bonchev–Trinajstić information content (AvgIpc) is 3.17. The zero-order chi connectivity index (χ0) is 15.4.